The van der Waals surface area contributed by atoms with E-state index in [1.165, 1.54) is 4.90 Å². The fourth-order valence-corrected chi connectivity index (χ4v) is 1.06. The van der Waals surface area contributed by atoms with Gasteiger partial charge in [0, 0.05) is 25.0 Å². The topological polar surface area (TPSA) is 43.4 Å². The van der Waals surface area contributed by atoms with Gasteiger partial charge in [-0.15, -0.1) is 0 Å². The smallest absolute Gasteiger partial charge is 0.550 e. The molecule has 64 valence electrons. The van der Waals surface area contributed by atoms with E-state index in [9.17, 15) is 18.7 Å². The number of halogens is 2. The minimum absolute atomic E-state index is 0. The van der Waals surface area contributed by atoms with Gasteiger partial charge in [-0.25, -0.2) is 8.78 Å². The zero-order chi connectivity index (χ0) is 8.43. The van der Waals surface area contributed by atoms with Crippen molar-refractivity contribution in [2.45, 2.75) is 6.43 Å². The maximum Gasteiger partial charge on any atom is 1.00 e. The van der Waals surface area contributed by atoms with Crippen LogP contribution in [0.25, 0.3) is 0 Å². The molecule has 0 aromatic carbocycles. The fraction of sp³-hybridized carbons (Fsp3) is 0.833. The van der Waals surface area contributed by atoms with E-state index in [1.807, 2.05) is 0 Å². The van der Waals surface area contributed by atoms with Crippen LogP contribution >= 0.6 is 0 Å². The first kappa shape index (κ1) is 11.9. The number of carboxylic acid groups (broad SMARTS) is 1. The van der Waals surface area contributed by atoms with Crippen molar-refractivity contribution < 1.29 is 37.5 Å². The number of hydrogen-bond donors (Lipinski definition) is 0. The average molecular weight is 171 g/mol. The van der Waals surface area contributed by atoms with Crippen LogP contribution in [0.2, 0.25) is 0 Å². The zero-order valence-electron chi connectivity index (χ0n) is 6.80. The van der Waals surface area contributed by atoms with Crippen LogP contribution < -0.4 is 24.0 Å². The molecule has 0 bridgehead atoms. The molecule has 0 atom stereocenters. The van der Waals surface area contributed by atoms with Gasteiger partial charge in [0.15, 0.2) is 0 Å². The second kappa shape index (κ2) is 4.80. The van der Waals surface area contributed by atoms with Crippen molar-refractivity contribution in [1.29, 1.82) is 0 Å². The van der Waals surface area contributed by atoms with E-state index in [-0.39, 0.29) is 38.5 Å². The Hall–Kier alpha value is -0.113. The standard InChI is InChI=1S/C6H9F2NO2.Li/c7-5(8)3-9-1-4(2-9)6(10)11;/h4-5H,1-3H2,(H,10,11);/q;+1/p-1. The Bertz CT molecular complexity index is 162. The van der Waals surface area contributed by atoms with Crippen molar-refractivity contribution >= 4 is 5.97 Å². The molecule has 0 aromatic rings. The molecule has 1 rings (SSSR count). The summed E-state index contributed by atoms with van der Waals surface area (Å²) in [5, 5.41) is 10.1. The van der Waals surface area contributed by atoms with Gasteiger partial charge >= 0.3 is 18.9 Å². The van der Waals surface area contributed by atoms with Crippen LogP contribution in [-0.2, 0) is 4.79 Å². The molecule has 0 saturated carbocycles. The van der Waals surface area contributed by atoms with Crippen LogP contribution in [-0.4, -0.2) is 36.9 Å². The Kier molecular flexibility index (Phi) is 4.76. The summed E-state index contributed by atoms with van der Waals surface area (Å²) in [7, 11) is 0. The molecule has 0 amide bonds. The third kappa shape index (κ3) is 3.09. The Balaban J connectivity index is 0.00000121. The van der Waals surface area contributed by atoms with Crippen molar-refractivity contribution in [1.82, 2.24) is 4.90 Å². The van der Waals surface area contributed by atoms with Gasteiger partial charge in [0.25, 0.3) is 6.43 Å². The molecule has 6 heteroatoms. The number of likely N-dealkylation sites (tertiary alicyclic amines) is 1. The average Bonchev–Trinajstić information content (AvgIpc) is 1.75. The zero-order valence-corrected chi connectivity index (χ0v) is 6.80. The van der Waals surface area contributed by atoms with Crippen LogP contribution in [0.15, 0.2) is 0 Å². The first-order chi connectivity index (χ1) is 5.09. The summed E-state index contributed by atoms with van der Waals surface area (Å²) in [5.41, 5.74) is 0. The van der Waals surface area contributed by atoms with Crippen molar-refractivity contribution in [3.8, 4) is 0 Å². The Morgan fingerprint density at radius 1 is 1.58 bits per heavy atom. The first-order valence-corrected chi connectivity index (χ1v) is 3.31. The molecule has 1 aliphatic heterocycles. The second-order valence-corrected chi connectivity index (χ2v) is 2.63. The van der Waals surface area contributed by atoms with Crippen LogP contribution in [0, 0.1) is 5.92 Å². The fourth-order valence-electron chi connectivity index (χ4n) is 1.06. The van der Waals surface area contributed by atoms with E-state index in [4.69, 9.17) is 0 Å². The number of nitrogens with zero attached hydrogens (tertiary/aromatic N) is 1. The molecule has 1 heterocycles. The molecular formula is C6H8F2LiNO2. The number of rotatable bonds is 3. The minimum Gasteiger partial charge on any atom is -0.550 e. The van der Waals surface area contributed by atoms with Gasteiger partial charge in [0.05, 0.1) is 6.54 Å². The second-order valence-electron chi connectivity index (χ2n) is 2.63. The Morgan fingerprint density at radius 3 is 2.42 bits per heavy atom. The van der Waals surface area contributed by atoms with Crippen molar-refractivity contribution in [3.05, 3.63) is 0 Å². The van der Waals surface area contributed by atoms with Gasteiger partial charge in [-0.05, 0) is 0 Å². The van der Waals surface area contributed by atoms with E-state index in [2.05, 4.69) is 0 Å². The van der Waals surface area contributed by atoms with Crippen molar-refractivity contribution in [2.24, 2.45) is 5.92 Å². The summed E-state index contributed by atoms with van der Waals surface area (Å²) >= 11 is 0. The molecule has 1 fully saturated rings. The summed E-state index contributed by atoms with van der Waals surface area (Å²) in [4.78, 5) is 11.5. The van der Waals surface area contributed by atoms with Crippen LogP contribution in [0.5, 0.6) is 0 Å². The SMILES string of the molecule is O=C([O-])C1CN(CC(F)F)C1.[Li+]. The third-order valence-corrected chi connectivity index (χ3v) is 1.69. The quantitative estimate of drug-likeness (QED) is 0.406. The maximum atomic E-state index is 11.6. The molecule has 1 aliphatic rings. The molecule has 3 nitrogen and oxygen atoms in total. The number of aliphatic carboxylic acids is 1. The molecule has 0 spiro atoms. The van der Waals surface area contributed by atoms with Crippen LogP contribution in [0.1, 0.15) is 0 Å². The number of carboxylic acids is 1. The van der Waals surface area contributed by atoms with E-state index in [0.717, 1.165) is 0 Å². The molecule has 0 unspecified atom stereocenters. The summed E-state index contributed by atoms with van der Waals surface area (Å²) in [6.07, 6.45) is -2.38. The predicted molar refractivity (Wildman–Crippen MR) is 30.9 cm³/mol. The Morgan fingerprint density at radius 2 is 2.08 bits per heavy atom. The molecule has 12 heavy (non-hydrogen) atoms. The minimum atomic E-state index is -2.38. The number of carbonyl (C=O) groups excluding carboxylic acids is 1. The molecule has 1 saturated heterocycles. The Labute approximate surface area is 80.9 Å². The largest absolute Gasteiger partial charge is 1.00 e. The van der Waals surface area contributed by atoms with Gasteiger partial charge in [-0.2, -0.15) is 0 Å². The first-order valence-electron chi connectivity index (χ1n) is 3.31. The number of alkyl halides is 2. The molecule has 0 N–H and O–H groups in total. The number of hydrogen-bond acceptors (Lipinski definition) is 3. The monoisotopic (exact) mass is 171 g/mol. The van der Waals surface area contributed by atoms with Crippen LogP contribution in [0.3, 0.4) is 0 Å². The summed E-state index contributed by atoms with van der Waals surface area (Å²) in [5.74, 6) is -1.69. The molecule has 0 aliphatic carbocycles. The molecule has 0 aromatic heterocycles. The van der Waals surface area contributed by atoms with Gasteiger partial charge in [-0.1, -0.05) is 0 Å². The molecular weight excluding hydrogens is 163 g/mol. The summed E-state index contributed by atoms with van der Waals surface area (Å²) < 4.78 is 23.3. The third-order valence-electron chi connectivity index (χ3n) is 1.69. The molecule has 0 radical (unpaired) electrons. The van der Waals surface area contributed by atoms with E-state index in [0.29, 0.717) is 0 Å². The van der Waals surface area contributed by atoms with E-state index >= 15 is 0 Å². The summed E-state index contributed by atoms with van der Waals surface area (Å²) in [6, 6.07) is 0. The van der Waals surface area contributed by atoms with Crippen molar-refractivity contribution in [3.63, 3.8) is 0 Å². The summed E-state index contributed by atoms with van der Waals surface area (Å²) in [6.45, 7) is 0.0725. The van der Waals surface area contributed by atoms with Gasteiger partial charge < -0.3 is 9.90 Å². The van der Waals surface area contributed by atoms with Gasteiger partial charge in [0.2, 0.25) is 0 Å². The normalized spacial score (nSPS) is 18.6. The maximum absolute atomic E-state index is 11.6. The number of carbonyl (C=O) groups is 1. The van der Waals surface area contributed by atoms with E-state index in [1.54, 1.807) is 0 Å². The van der Waals surface area contributed by atoms with Crippen molar-refractivity contribution in [2.75, 3.05) is 19.6 Å². The van der Waals surface area contributed by atoms with Crippen LogP contribution in [0.4, 0.5) is 8.78 Å². The van der Waals surface area contributed by atoms with Gasteiger partial charge in [-0.3, -0.25) is 4.90 Å². The van der Waals surface area contributed by atoms with Gasteiger partial charge in [0.1, 0.15) is 0 Å². The predicted octanol–water partition coefficient (Wildman–Crippen LogP) is -4.06. The van der Waals surface area contributed by atoms with E-state index < -0.39 is 18.3 Å².